The summed E-state index contributed by atoms with van der Waals surface area (Å²) in [5.41, 5.74) is 0. The van der Waals surface area contributed by atoms with Crippen LogP contribution in [-0.4, -0.2) is 17.2 Å². The molecule has 2 heteroatoms. The van der Waals surface area contributed by atoms with Crippen molar-refractivity contribution in [1.82, 2.24) is 0 Å². The van der Waals surface area contributed by atoms with Crippen LogP contribution in [0.4, 0.5) is 0 Å². The molecule has 1 N–H and O–H groups in total. The van der Waals surface area contributed by atoms with Crippen molar-refractivity contribution in [2.24, 2.45) is 0 Å². The summed E-state index contributed by atoms with van der Waals surface area (Å²) < 4.78 is 0. The summed E-state index contributed by atoms with van der Waals surface area (Å²) in [4.78, 5) is 9.65. The summed E-state index contributed by atoms with van der Waals surface area (Å²) in [5, 5.41) is 9.01. The smallest absolute Gasteiger partial charge is 0.124 e. The summed E-state index contributed by atoms with van der Waals surface area (Å²) in [7, 11) is 0. The summed E-state index contributed by atoms with van der Waals surface area (Å²) >= 11 is 0. The minimum absolute atomic E-state index is 0.389. The first-order valence-electron chi connectivity index (χ1n) is 3.53. The zero-order chi connectivity index (χ0) is 8.53. The molecule has 2 nitrogen and oxygen atoms in total. The van der Waals surface area contributed by atoms with Gasteiger partial charge in [0.05, 0.1) is 6.10 Å². The molecule has 11 heavy (non-hydrogen) atoms. The van der Waals surface area contributed by atoms with Gasteiger partial charge in [0.1, 0.15) is 5.94 Å². The Hall–Kier alpha value is -1.11. The van der Waals surface area contributed by atoms with E-state index >= 15 is 0 Å². The molecule has 0 saturated heterocycles. The van der Waals surface area contributed by atoms with Gasteiger partial charge in [0.2, 0.25) is 0 Å². The molecule has 0 fully saturated rings. The van der Waals surface area contributed by atoms with E-state index in [1.807, 2.05) is 6.92 Å². The van der Waals surface area contributed by atoms with E-state index in [1.165, 1.54) is 6.08 Å². The normalized spacial score (nSPS) is 13.6. The van der Waals surface area contributed by atoms with Crippen molar-refractivity contribution >= 4 is 5.94 Å². The van der Waals surface area contributed by atoms with Gasteiger partial charge in [-0.2, -0.15) is 0 Å². The van der Waals surface area contributed by atoms with Crippen molar-refractivity contribution in [2.75, 3.05) is 0 Å². The number of hydrogen-bond acceptors (Lipinski definition) is 2. The quantitative estimate of drug-likeness (QED) is 0.486. The molecule has 1 atom stereocenters. The number of carbonyl (C=O) groups excluding carboxylic acids is 1. The van der Waals surface area contributed by atoms with Gasteiger partial charge in [-0.15, -0.1) is 0 Å². The third-order valence-corrected chi connectivity index (χ3v) is 1.14. The zero-order valence-corrected chi connectivity index (χ0v) is 6.53. The largest absolute Gasteiger partial charge is 0.389 e. The standard InChI is InChI=1S/C9H12O2/c1-2-9(11)7-5-3-4-6-8-10/h3-7,9,11H,2H2,1H3/b4-3+,7-5+. The Morgan fingerprint density at radius 1 is 1.45 bits per heavy atom. The Morgan fingerprint density at radius 2 is 2.18 bits per heavy atom. The maximum atomic E-state index is 9.65. The van der Waals surface area contributed by atoms with Gasteiger partial charge in [-0.25, -0.2) is 4.79 Å². The van der Waals surface area contributed by atoms with Crippen LogP contribution in [0.15, 0.2) is 30.4 Å². The van der Waals surface area contributed by atoms with Crippen molar-refractivity contribution in [3.63, 3.8) is 0 Å². The van der Waals surface area contributed by atoms with E-state index in [4.69, 9.17) is 5.11 Å². The second-order valence-corrected chi connectivity index (χ2v) is 2.03. The Balaban J connectivity index is 3.67. The van der Waals surface area contributed by atoms with Crippen LogP contribution >= 0.6 is 0 Å². The van der Waals surface area contributed by atoms with Crippen molar-refractivity contribution in [1.29, 1.82) is 0 Å². The third kappa shape index (κ3) is 6.78. The molecule has 0 aromatic carbocycles. The van der Waals surface area contributed by atoms with E-state index < -0.39 is 0 Å². The highest BCUT2D eigenvalue weighted by atomic mass is 16.3. The van der Waals surface area contributed by atoms with Crippen LogP contribution in [0.3, 0.4) is 0 Å². The minimum atomic E-state index is -0.389. The highest BCUT2D eigenvalue weighted by Gasteiger charge is 1.88. The Bertz CT molecular complexity index is 186. The second kappa shape index (κ2) is 7.00. The monoisotopic (exact) mass is 152 g/mol. The summed E-state index contributed by atoms with van der Waals surface area (Å²) in [6.45, 7) is 1.89. The predicted molar refractivity (Wildman–Crippen MR) is 44.8 cm³/mol. The molecule has 0 aliphatic heterocycles. The highest BCUT2D eigenvalue weighted by molar-refractivity contribution is 5.48. The Morgan fingerprint density at radius 3 is 2.73 bits per heavy atom. The molecule has 0 aromatic rings. The van der Waals surface area contributed by atoms with Gasteiger partial charge >= 0.3 is 0 Å². The molecular weight excluding hydrogens is 140 g/mol. The lowest BCUT2D eigenvalue weighted by Gasteiger charge is -1.95. The van der Waals surface area contributed by atoms with E-state index in [2.05, 4.69) is 0 Å². The van der Waals surface area contributed by atoms with Gasteiger partial charge in [-0.3, -0.25) is 0 Å². The fourth-order valence-corrected chi connectivity index (χ4v) is 0.487. The number of aliphatic hydroxyl groups is 1. The fraction of sp³-hybridized carbons (Fsp3) is 0.333. The fourth-order valence-electron chi connectivity index (χ4n) is 0.487. The molecular formula is C9H12O2. The first kappa shape index (κ1) is 9.89. The lowest BCUT2D eigenvalue weighted by atomic mass is 10.2. The van der Waals surface area contributed by atoms with Crippen LogP contribution in [0.2, 0.25) is 0 Å². The summed E-state index contributed by atoms with van der Waals surface area (Å²) in [6, 6.07) is 0. The Kier molecular flexibility index (Phi) is 6.30. The van der Waals surface area contributed by atoms with Crippen LogP contribution in [0.25, 0.3) is 0 Å². The molecule has 0 heterocycles. The molecule has 60 valence electrons. The topological polar surface area (TPSA) is 37.3 Å². The van der Waals surface area contributed by atoms with E-state index in [1.54, 1.807) is 30.2 Å². The van der Waals surface area contributed by atoms with Crippen LogP contribution in [0.5, 0.6) is 0 Å². The average Bonchev–Trinajstić information content (AvgIpc) is 2.04. The zero-order valence-electron chi connectivity index (χ0n) is 6.53. The molecule has 0 aliphatic carbocycles. The van der Waals surface area contributed by atoms with Gasteiger partial charge in [0.25, 0.3) is 0 Å². The maximum Gasteiger partial charge on any atom is 0.124 e. The lowest BCUT2D eigenvalue weighted by molar-refractivity contribution is 0.219. The molecule has 0 rings (SSSR count). The first-order chi connectivity index (χ1) is 5.31. The molecule has 0 saturated carbocycles. The van der Waals surface area contributed by atoms with Crippen molar-refractivity contribution in [3.05, 3.63) is 30.4 Å². The highest BCUT2D eigenvalue weighted by Crippen LogP contribution is 1.91. The first-order valence-corrected chi connectivity index (χ1v) is 3.53. The molecule has 1 unspecified atom stereocenters. The van der Waals surface area contributed by atoms with E-state index in [0.29, 0.717) is 6.42 Å². The minimum Gasteiger partial charge on any atom is -0.389 e. The molecule has 0 bridgehead atoms. The van der Waals surface area contributed by atoms with Crippen molar-refractivity contribution < 1.29 is 9.90 Å². The third-order valence-electron chi connectivity index (χ3n) is 1.14. The van der Waals surface area contributed by atoms with Crippen LogP contribution in [0, 0.1) is 0 Å². The van der Waals surface area contributed by atoms with Crippen molar-refractivity contribution in [3.8, 4) is 0 Å². The van der Waals surface area contributed by atoms with Crippen LogP contribution < -0.4 is 0 Å². The van der Waals surface area contributed by atoms with E-state index in [0.717, 1.165) is 0 Å². The number of aliphatic hydroxyl groups excluding tert-OH is 1. The van der Waals surface area contributed by atoms with Gasteiger partial charge in [0, 0.05) is 6.08 Å². The molecule has 0 amide bonds. The van der Waals surface area contributed by atoms with Crippen LogP contribution in [-0.2, 0) is 4.79 Å². The maximum absolute atomic E-state index is 9.65. The SMILES string of the molecule is CCC(O)/C=C/C=C/C=C=O. The van der Waals surface area contributed by atoms with Gasteiger partial charge in [0.15, 0.2) is 0 Å². The second-order valence-electron chi connectivity index (χ2n) is 2.03. The van der Waals surface area contributed by atoms with Crippen molar-refractivity contribution in [2.45, 2.75) is 19.4 Å². The number of hydrogen-bond donors (Lipinski definition) is 1. The van der Waals surface area contributed by atoms with E-state index in [9.17, 15) is 4.79 Å². The van der Waals surface area contributed by atoms with Gasteiger partial charge in [-0.1, -0.05) is 31.2 Å². The molecule has 0 aromatic heterocycles. The lowest BCUT2D eigenvalue weighted by Crippen LogP contribution is -1.97. The Labute approximate surface area is 66.5 Å². The molecule has 0 spiro atoms. The average molecular weight is 152 g/mol. The summed E-state index contributed by atoms with van der Waals surface area (Å²) in [6.07, 6.45) is 8.17. The summed E-state index contributed by atoms with van der Waals surface area (Å²) in [5.74, 6) is 1.61. The molecule has 0 aliphatic rings. The number of rotatable bonds is 4. The van der Waals surface area contributed by atoms with Crippen LogP contribution in [0.1, 0.15) is 13.3 Å². The van der Waals surface area contributed by atoms with Gasteiger partial charge in [-0.05, 0) is 6.42 Å². The molecule has 0 radical (unpaired) electrons. The number of allylic oxidation sites excluding steroid dienone is 4. The van der Waals surface area contributed by atoms with Gasteiger partial charge < -0.3 is 5.11 Å². The predicted octanol–water partition coefficient (Wildman–Crippen LogP) is 1.26. The van der Waals surface area contributed by atoms with E-state index in [-0.39, 0.29) is 6.10 Å².